The summed E-state index contributed by atoms with van der Waals surface area (Å²) >= 11 is 5.93. The number of aryl methyl sites for hydroxylation is 1. The highest BCUT2D eigenvalue weighted by Gasteiger charge is 2.39. The zero-order valence-corrected chi connectivity index (χ0v) is 12.2. The van der Waals surface area contributed by atoms with E-state index in [4.69, 9.17) is 22.1 Å². The van der Waals surface area contributed by atoms with Gasteiger partial charge in [-0.3, -0.25) is 10.1 Å². The van der Waals surface area contributed by atoms with Crippen molar-refractivity contribution in [3.8, 4) is 0 Å². The zero-order chi connectivity index (χ0) is 14.9. The zero-order valence-electron chi connectivity index (χ0n) is 11.4. The molecule has 1 aliphatic carbocycles. The Balaban J connectivity index is 2.17. The lowest BCUT2D eigenvalue weighted by molar-refractivity contribution is -0.384. The number of benzene rings is 1. The molecule has 0 aliphatic heterocycles. The Morgan fingerprint density at radius 2 is 2.30 bits per heavy atom. The van der Waals surface area contributed by atoms with Gasteiger partial charge in [-0.1, -0.05) is 11.6 Å². The van der Waals surface area contributed by atoms with E-state index in [1.54, 1.807) is 13.0 Å². The van der Waals surface area contributed by atoms with E-state index < -0.39 is 4.92 Å². The molecule has 7 heteroatoms. The lowest BCUT2D eigenvalue weighted by Gasteiger charge is -2.43. The van der Waals surface area contributed by atoms with Gasteiger partial charge in [-0.2, -0.15) is 0 Å². The second-order valence-corrected chi connectivity index (χ2v) is 5.35. The van der Waals surface area contributed by atoms with E-state index in [9.17, 15) is 10.1 Å². The highest BCUT2D eigenvalue weighted by molar-refractivity contribution is 6.33. The molecule has 0 heterocycles. The summed E-state index contributed by atoms with van der Waals surface area (Å²) in [6.45, 7) is 4.37. The minimum atomic E-state index is -0.489. The third-order valence-corrected chi connectivity index (χ3v) is 3.86. The number of ether oxygens (including phenoxy) is 1. The molecule has 1 fully saturated rings. The maximum absolute atomic E-state index is 10.8. The number of halogens is 1. The van der Waals surface area contributed by atoms with Gasteiger partial charge in [0.1, 0.15) is 5.02 Å². The van der Waals surface area contributed by atoms with Crippen molar-refractivity contribution in [1.82, 2.24) is 0 Å². The fourth-order valence-electron chi connectivity index (χ4n) is 2.37. The minimum absolute atomic E-state index is 0.00572. The first-order valence-electron chi connectivity index (χ1n) is 6.52. The lowest BCUT2D eigenvalue weighted by Crippen LogP contribution is -2.60. The molecular weight excluding hydrogens is 282 g/mol. The normalized spacial score (nSPS) is 25.1. The van der Waals surface area contributed by atoms with Gasteiger partial charge in [0.15, 0.2) is 0 Å². The van der Waals surface area contributed by atoms with Crippen molar-refractivity contribution >= 4 is 23.0 Å². The van der Waals surface area contributed by atoms with Crippen molar-refractivity contribution in [2.75, 3.05) is 11.9 Å². The van der Waals surface area contributed by atoms with Crippen LogP contribution >= 0.6 is 11.6 Å². The molecule has 0 bridgehead atoms. The predicted molar refractivity (Wildman–Crippen MR) is 78.3 cm³/mol. The Morgan fingerprint density at radius 3 is 2.85 bits per heavy atom. The lowest BCUT2D eigenvalue weighted by atomic mass is 9.83. The summed E-state index contributed by atoms with van der Waals surface area (Å²) in [6, 6.07) is 3.05. The van der Waals surface area contributed by atoms with Crippen LogP contribution < -0.4 is 11.1 Å². The first kappa shape index (κ1) is 15.0. The van der Waals surface area contributed by atoms with Crippen LogP contribution in [0.3, 0.4) is 0 Å². The Labute approximate surface area is 122 Å². The summed E-state index contributed by atoms with van der Waals surface area (Å²) in [5.41, 5.74) is 7.40. The fourth-order valence-corrected chi connectivity index (χ4v) is 2.60. The molecule has 0 radical (unpaired) electrons. The summed E-state index contributed by atoms with van der Waals surface area (Å²) < 4.78 is 5.58. The van der Waals surface area contributed by atoms with Crippen LogP contribution in [0.1, 0.15) is 18.9 Å². The largest absolute Gasteiger partial charge is 0.378 e. The summed E-state index contributed by atoms with van der Waals surface area (Å²) in [4.78, 5) is 10.3. The number of anilines is 1. The van der Waals surface area contributed by atoms with Crippen LogP contribution in [0.4, 0.5) is 11.4 Å². The van der Waals surface area contributed by atoms with Gasteiger partial charge in [-0.25, -0.2) is 0 Å². The van der Waals surface area contributed by atoms with Gasteiger partial charge in [-0.15, -0.1) is 0 Å². The molecule has 3 N–H and O–H groups in total. The number of nitro benzene ring substituents is 1. The maximum atomic E-state index is 10.8. The fraction of sp³-hybridized carbons (Fsp3) is 0.538. The van der Waals surface area contributed by atoms with Crippen molar-refractivity contribution in [2.24, 2.45) is 5.73 Å². The summed E-state index contributed by atoms with van der Waals surface area (Å²) in [5, 5.41) is 14.2. The van der Waals surface area contributed by atoms with E-state index in [1.165, 1.54) is 6.07 Å². The first-order valence-corrected chi connectivity index (χ1v) is 6.90. The van der Waals surface area contributed by atoms with E-state index in [-0.39, 0.29) is 28.9 Å². The number of hydrogen-bond donors (Lipinski definition) is 2. The van der Waals surface area contributed by atoms with Crippen molar-refractivity contribution in [1.29, 1.82) is 0 Å². The van der Waals surface area contributed by atoms with Crippen LogP contribution in [0.15, 0.2) is 12.1 Å². The average Bonchev–Trinajstić information content (AvgIpc) is 2.38. The second kappa shape index (κ2) is 5.95. The molecule has 20 heavy (non-hydrogen) atoms. The predicted octanol–water partition coefficient (Wildman–Crippen LogP) is 2.47. The van der Waals surface area contributed by atoms with Gasteiger partial charge in [-0.05, 0) is 31.9 Å². The molecule has 1 aliphatic rings. The van der Waals surface area contributed by atoms with Gasteiger partial charge in [0.05, 0.1) is 17.1 Å². The molecule has 0 amide bonds. The van der Waals surface area contributed by atoms with E-state index in [0.29, 0.717) is 6.61 Å². The number of nitrogens with two attached hydrogens (primary N) is 1. The number of nitrogens with zero attached hydrogens (tertiary/aromatic N) is 1. The monoisotopic (exact) mass is 299 g/mol. The van der Waals surface area contributed by atoms with Crippen LogP contribution in [0.5, 0.6) is 0 Å². The Morgan fingerprint density at radius 1 is 1.60 bits per heavy atom. The molecule has 110 valence electrons. The number of nitro groups is 1. The molecule has 0 spiro atoms. The van der Waals surface area contributed by atoms with E-state index in [1.807, 2.05) is 6.92 Å². The van der Waals surface area contributed by atoms with E-state index in [2.05, 4.69) is 5.32 Å². The van der Waals surface area contributed by atoms with Crippen LogP contribution in [0, 0.1) is 17.0 Å². The van der Waals surface area contributed by atoms with Gasteiger partial charge >= 0.3 is 0 Å². The van der Waals surface area contributed by atoms with E-state index >= 15 is 0 Å². The number of hydrogen-bond acceptors (Lipinski definition) is 5. The summed E-state index contributed by atoms with van der Waals surface area (Å²) in [7, 11) is 0. The van der Waals surface area contributed by atoms with Crippen molar-refractivity contribution in [2.45, 2.75) is 38.5 Å². The van der Waals surface area contributed by atoms with Gasteiger partial charge in [0, 0.05) is 24.4 Å². The Bertz CT molecular complexity index is 522. The van der Waals surface area contributed by atoms with Crippen molar-refractivity contribution in [3.63, 3.8) is 0 Å². The van der Waals surface area contributed by atoms with Crippen molar-refractivity contribution in [3.05, 3.63) is 32.8 Å². The highest BCUT2D eigenvalue weighted by Crippen LogP contribution is 2.33. The third-order valence-electron chi connectivity index (χ3n) is 3.56. The van der Waals surface area contributed by atoms with Crippen LogP contribution in [0.2, 0.25) is 5.02 Å². The van der Waals surface area contributed by atoms with Gasteiger partial charge < -0.3 is 15.8 Å². The Kier molecular flexibility index (Phi) is 4.47. The molecule has 0 saturated heterocycles. The molecule has 0 aromatic heterocycles. The third kappa shape index (κ3) is 2.87. The topological polar surface area (TPSA) is 90.4 Å². The highest BCUT2D eigenvalue weighted by atomic mass is 35.5. The molecular formula is C13H18ClN3O3. The van der Waals surface area contributed by atoms with Crippen LogP contribution in [-0.2, 0) is 4.74 Å². The molecule has 3 atom stereocenters. The Hall–Kier alpha value is -1.37. The molecule has 1 aromatic carbocycles. The quantitative estimate of drug-likeness (QED) is 0.644. The van der Waals surface area contributed by atoms with Gasteiger partial charge in [0.25, 0.3) is 5.69 Å². The SMILES string of the molecule is CCOC1CC(N)C1Nc1cc(Cl)c([N+](=O)[O-])cc1C. The minimum Gasteiger partial charge on any atom is -0.378 e. The molecule has 1 saturated carbocycles. The average molecular weight is 300 g/mol. The molecule has 2 rings (SSSR count). The standard InChI is InChI=1S/C13H18ClN3O3/c1-3-20-12-6-9(15)13(12)16-10-5-8(14)11(17(18)19)4-7(10)2/h4-5,9,12-13,16H,3,6,15H2,1-2H3. The van der Waals surface area contributed by atoms with Gasteiger partial charge in [0.2, 0.25) is 0 Å². The van der Waals surface area contributed by atoms with Crippen molar-refractivity contribution < 1.29 is 9.66 Å². The number of nitrogens with one attached hydrogen (secondary N) is 1. The molecule has 3 unspecified atom stereocenters. The summed E-state index contributed by atoms with van der Waals surface area (Å²) in [6.07, 6.45) is 0.883. The summed E-state index contributed by atoms with van der Waals surface area (Å²) in [5.74, 6) is 0. The maximum Gasteiger partial charge on any atom is 0.288 e. The van der Waals surface area contributed by atoms with Crippen LogP contribution in [-0.4, -0.2) is 29.7 Å². The molecule has 1 aromatic rings. The first-order chi connectivity index (χ1) is 9.43. The van der Waals surface area contributed by atoms with E-state index in [0.717, 1.165) is 17.7 Å². The second-order valence-electron chi connectivity index (χ2n) is 4.94. The van der Waals surface area contributed by atoms with Crippen LogP contribution in [0.25, 0.3) is 0 Å². The number of rotatable bonds is 5. The molecule has 6 nitrogen and oxygen atoms in total. The smallest absolute Gasteiger partial charge is 0.288 e.